The SMILES string of the molecule is C(=C\c1coc(-c2cccs2)n1)/c1ccc(OCCn2ccnc2)cc1. The Hall–Kier alpha value is -3.12. The summed E-state index contributed by atoms with van der Waals surface area (Å²) in [5, 5.41) is 2.01. The zero-order valence-electron chi connectivity index (χ0n) is 14.0. The zero-order chi connectivity index (χ0) is 17.6. The second kappa shape index (κ2) is 7.84. The third-order valence-electron chi connectivity index (χ3n) is 3.76. The van der Waals surface area contributed by atoms with E-state index in [0.717, 1.165) is 28.4 Å². The quantitative estimate of drug-likeness (QED) is 0.471. The smallest absolute Gasteiger partial charge is 0.236 e. The van der Waals surface area contributed by atoms with Gasteiger partial charge in [-0.2, -0.15) is 0 Å². The highest BCUT2D eigenvalue weighted by molar-refractivity contribution is 7.13. The lowest BCUT2D eigenvalue weighted by Gasteiger charge is -2.06. The zero-order valence-corrected chi connectivity index (χ0v) is 14.8. The molecule has 4 rings (SSSR count). The third kappa shape index (κ3) is 4.10. The molecular formula is C20H17N3O2S. The topological polar surface area (TPSA) is 53.1 Å². The largest absolute Gasteiger partial charge is 0.492 e. The van der Waals surface area contributed by atoms with E-state index in [1.807, 2.05) is 64.7 Å². The Morgan fingerprint density at radius 1 is 1.15 bits per heavy atom. The van der Waals surface area contributed by atoms with E-state index in [4.69, 9.17) is 9.15 Å². The molecule has 1 aromatic carbocycles. The molecule has 3 aromatic heterocycles. The van der Waals surface area contributed by atoms with Gasteiger partial charge in [0.1, 0.15) is 24.3 Å². The van der Waals surface area contributed by atoms with Crippen LogP contribution in [-0.4, -0.2) is 21.1 Å². The van der Waals surface area contributed by atoms with Gasteiger partial charge in [0.25, 0.3) is 0 Å². The number of thiophene rings is 1. The van der Waals surface area contributed by atoms with Crippen LogP contribution in [0.3, 0.4) is 0 Å². The Morgan fingerprint density at radius 2 is 2.08 bits per heavy atom. The van der Waals surface area contributed by atoms with Gasteiger partial charge in [-0.15, -0.1) is 11.3 Å². The van der Waals surface area contributed by atoms with E-state index in [9.17, 15) is 0 Å². The fourth-order valence-corrected chi connectivity index (χ4v) is 3.08. The maximum absolute atomic E-state index is 5.74. The number of hydrogen-bond donors (Lipinski definition) is 0. The summed E-state index contributed by atoms with van der Waals surface area (Å²) in [7, 11) is 0. The van der Waals surface area contributed by atoms with E-state index in [1.165, 1.54) is 0 Å². The summed E-state index contributed by atoms with van der Waals surface area (Å²) in [5.41, 5.74) is 1.88. The van der Waals surface area contributed by atoms with Crippen LogP contribution >= 0.6 is 11.3 Å². The first-order valence-electron chi connectivity index (χ1n) is 8.23. The van der Waals surface area contributed by atoms with Gasteiger partial charge in [-0.1, -0.05) is 24.3 Å². The Morgan fingerprint density at radius 3 is 2.85 bits per heavy atom. The van der Waals surface area contributed by atoms with E-state index in [-0.39, 0.29) is 0 Å². The van der Waals surface area contributed by atoms with E-state index in [2.05, 4.69) is 9.97 Å². The van der Waals surface area contributed by atoms with Crippen molar-refractivity contribution in [3.05, 3.63) is 78.0 Å². The molecule has 0 unspecified atom stereocenters. The summed E-state index contributed by atoms with van der Waals surface area (Å²) < 4.78 is 13.2. The highest BCUT2D eigenvalue weighted by atomic mass is 32.1. The van der Waals surface area contributed by atoms with E-state index >= 15 is 0 Å². The van der Waals surface area contributed by atoms with Crippen LogP contribution < -0.4 is 4.74 Å². The molecule has 0 aliphatic carbocycles. The molecule has 0 spiro atoms. The highest BCUT2D eigenvalue weighted by Gasteiger charge is 2.05. The first-order chi connectivity index (χ1) is 12.9. The number of imidazole rings is 1. The number of oxazole rings is 1. The molecule has 0 fully saturated rings. The Labute approximate surface area is 155 Å². The van der Waals surface area contributed by atoms with Crippen LogP contribution in [0.25, 0.3) is 22.9 Å². The summed E-state index contributed by atoms with van der Waals surface area (Å²) in [6, 6.07) is 11.9. The Bertz CT molecular complexity index is 955. The Balaban J connectivity index is 1.33. The van der Waals surface area contributed by atoms with Crippen LogP contribution in [0.1, 0.15) is 11.3 Å². The standard InChI is InChI=1S/C20H17N3O2S/c1-2-19(26-13-1)20-22-17(14-25-20)6-3-16-4-7-18(8-5-16)24-12-11-23-10-9-21-15-23/h1-10,13-15H,11-12H2/b6-3+. The lowest BCUT2D eigenvalue weighted by Crippen LogP contribution is -2.06. The maximum atomic E-state index is 5.74. The monoisotopic (exact) mass is 363 g/mol. The fraction of sp³-hybridized carbons (Fsp3) is 0.100. The molecule has 6 heteroatoms. The van der Waals surface area contributed by atoms with Gasteiger partial charge < -0.3 is 13.7 Å². The minimum absolute atomic E-state index is 0.607. The Kier molecular flexibility index (Phi) is 4.93. The fourth-order valence-electron chi connectivity index (χ4n) is 2.42. The summed E-state index contributed by atoms with van der Waals surface area (Å²) in [4.78, 5) is 9.51. The first kappa shape index (κ1) is 16.4. The summed E-state index contributed by atoms with van der Waals surface area (Å²) in [5.74, 6) is 1.50. The average Bonchev–Trinajstić information content (AvgIpc) is 3.42. The average molecular weight is 363 g/mol. The van der Waals surface area contributed by atoms with Crippen molar-refractivity contribution in [1.29, 1.82) is 0 Å². The first-order valence-corrected chi connectivity index (χ1v) is 9.11. The van der Waals surface area contributed by atoms with Gasteiger partial charge in [0.15, 0.2) is 0 Å². The molecule has 0 atom stereocenters. The summed E-state index contributed by atoms with van der Waals surface area (Å²) in [6.07, 6.45) is 11.1. The molecule has 0 bridgehead atoms. The van der Waals surface area contributed by atoms with Crippen molar-refractivity contribution in [2.24, 2.45) is 0 Å². The molecule has 26 heavy (non-hydrogen) atoms. The van der Waals surface area contributed by atoms with Crippen molar-refractivity contribution >= 4 is 23.5 Å². The molecule has 0 aliphatic rings. The molecule has 130 valence electrons. The second-order valence-corrected chi connectivity index (χ2v) is 6.55. The predicted molar refractivity (Wildman–Crippen MR) is 103 cm³/mol. The van der Waals surface area contributed by atoms with Gasteiger partial charge in [-0.05, 0) is 35.2 Å². The molecular weight excluding hydrogens is 346 g/mol. The molecule has 3 heterocycles. The number of nitrogens with zero attached hydrogens (tertiary/aromatic N) is 3. The van der Waals surface area contributed by atoms with Crippen molar-refractivity contribution < 1.29 is 9.15 Å². The van der Waals surface area contributed by atoms with Gasteiger partial charge >= 0.3 is 0 Å². The van der Waals surface area contributed by atoms with Crippen molar-refractivity contribution in [1.82, 2.24) is 14.5 Å². The number of aromatic nitrogens is 3. The number of rotatable bonds is 7. The van der Waals surface area contributed by atoms with Crippen LogP contribution in [0, 0.1) is 0 Å². The van der Waals surface area contributed by atoms with Gasteiger partial charge in [0.05, 0.1) is 17.7 Å². The van der Waals surface area contributed by atoms with Crippen molar-refractivity contribution in [2.45, 2.75) is 6.54 Å². The molecule has 4 aromatic rings. The maximum Gasteiger partial charge on any atom is 0.236 e. The molecule has 5 nitrogen and oxygen atoms in total. The molecule has 0 saturated heterocycles. The van der Waals surface area contributed by atoms with Gasteiger partial charge in [0, 0.05) is 12.4 Å². The highest BCUT2D eigenvalue weighted by Crippen LogP contribution is 2.24. The van der Waals surface area contributed by atoms with Gasteiger partial charge in [-0.25, -0.2) is 9.97 Å². The normalized spacial score (nSPS) is 11.2. The van der Waals surface area contributed by atoms with Crippen molar-refractivity contribution in [3.8, 4) is 16.5 Å². The van der Waals surface area contributed by atoms with E-state index in [1.54, 1.807) is 30.1 Å². The lowest BCUT2D eigenvalue weighted by atomic mass is 10.2. The number of hydrogen-bond acceptors (Lipinski definition) is 5. The van der Waals surface area contributed by atoms with Crippen LogP contribution in [-0.2, 0) is 6.54 Å². The molecule has 0 radical (unpaired) electrons. The second-order valence-electron chi connectivity index (χ2n) is 5.61. The summed E-state index contributed by atoms with van der Waals surface area (Å²) in [6.45, 7) is 1.39. The molecule has 0 saturated carbocycles. The van der Waals surface area contributed by atoms with Crippen LogP contribution in [0.5, 0.6) is 5.75 Å². The minimum atomic E-state index is 0.607. The lowest BCUT2D eigenvalue weighted by molar-refractivity contribution is 0.298. The predicted octanol–water partition coefficient (Wildman–Crippen LogP) is 4.85. The third-order valence-corrected chi connectivity index (χ3v) is 4.62. The molecule has 0 amide bonds. The van der Waals surface area contributed by atoms with Crippen LogP contribution in [0.2, 0.25) is 0 Å². The van der Waals surface area contributed by atoms with Gasteiger partial charge in [0.2, 0.25) is 5.89 Å². The van der Waals surface area contributed by atoms with Crippen LogP contribution in [0.4, 0.5) is 0 Å². The molecule has 0 aliphatic heterocycles. The summed E-state index contributed by atoms with van der Waals surface area (Å²) >= 11 is 1.61. The molecule has 0 N–H and O–H groups in total. The van der Waals surface area contributed by atoms with Gasteiger partial charge in [-0.3, -0.25) is 0 Å². The van der Waals surface area contributed by atoms with E-state index < -0.39 is 0 Å². The minimum Gasteiger partial charge on any atom is -0.492 e. The number of ether oxygens (including phenoxy) is 1. The van der Waals surface area contributed by atoms with E-state index in [0.29, 0.717) is 12.5 Å². The number of benzene rings is 1. The van der Waals surface area contributed by atoms with Crippen molar-refractivity contribution in [2.75, 3.05) is 6.61 Å². The van der Waals surface area contributed by atoms with Crippen molar-refractivity contribution in [3.63, 3.8) is 0 Å². The van der Waals surface area contributed by atoms with Crippen LogP contribution in [0.15, 0.2) is 71.2 Å².